The van der Waals surface area contributed by atoms with Crippen LogP contribution in [0.1, 0.15) is 26.7 Å². The molecular formula is C13H17NO2. The van der Waals surface area contributed by atoms with Gasteiger partial charge in [0.1, 0.15) is 5.92 Å². The Morgan fingerprint density at radius 2 is 2.38 bits per heavy atom. The van der Waals surface area contributed by atoms with Gasteiger partial charge in [0.05, 0.1) is 12.7 Å². The number of allylic oxidation sites excluding steroid dienone is 4. The summed E-state index contributed by atoms with van der Waals surface area (Å²) in [4.78, 5) is 11.5. The van der Waals surface area contributed by atoms with Crippen molar-refractivity contribution in [3.63, 3.8) is 0 Å². The predicted molar refractivity (Wildman–Crippen MR) is 61.4 cm³/mol. The number of carbonyl (C=O) groups is 1. The van der Waals surface area contributed by atoms with Gasteiger partial charge in [0, 0.05) is 0 Å². The highest BCUT2D eigenvalue weighted by Gasteiger charge is 2.30. The van der Waals surface area contributed by atoms with E-state index in [0.717, 1.165) is 6.42 Å². The zero-order chi connectivity index (χ0) is 12.0. The normalized spacial score (nSPS) is 24.8. The number of nitriles is 1. The van der Waals surface area contributed by atoms with E-state index in [1.807, 2.05) is 18.2 Å². The molecule has 3 heteroatoms. The van der Waals surface area contributed by atoms with Crippen molar-refractivity contribution in [1.29, 1.82) is 5.26 Å². The Balaban J connectivity index is 2.64. The third-order valence-corrected chi connectivity index (χ3v) is 2.73. The van der Waals surface area contributed by atoms with Gasteiger partial charge < -0.3 is 4.74 Å². The lowest BCUT2D eigenvalue weighted by molar-refractivity contribution is -0.146. The molecule has 0 radical (unpaired) electrons. The Kier molecular flexibility index (Phi) is 4.30. The van der Waals surface area contributed by atoms with Crippen LogP contribution in [0.3, 0.4) is 0 Å². The molecule has 0 bridgehead atoms. The molecule has 16 heavy (non-hydrogen) atoms. The van der Waals surface area contributed by atoms with Gasteiger partial charge in [-0.05, 0) is 25.2 Å². The summed E-state index contributed by atoms with van der Waals surface area (Å²) in [6, 6.07) is 2.03. The smallest absolute Gasteiger partial charge is 0.323 e. The molecule has 1 rings (SSSR count). The largest absolute Gasteiger partial charge is 0.465 e. The van der Waals surface area contributed by atoms with Crippen molar-refractivity contribution in [2.45, 2.75) is 26.7 Å². The highest BCUT2D eigenvalue weighted by atomic mass is 16.5. The van der Waals surface area contributed by atoms with Gasteiger partial charge in [-0.15, -0.1) is 0 Å². The molecule has 0 heterocycles. The average molecular weight is 219 g/mol. The van der Waals surface area contributed by atoms with Crippen LogP contribution in [0, 0.1) is 22.7 Å². The van der Waals surface area contributed by atoms with Gasteiger partial charge in [-0.2, -0.15) is 5.26 Å². The molecule has 0 saturated carbocycles. The van der Waals surface area contributed by atoms with Crippen molar-refractivity contribution in [2.75, 3.05) is 6.61 Å². The van der Waals surface area contributed by atoms with Crippen LogP contribution in [0.2, 0.25) is 0 Å². The number of nitrogens with zero attached hydrogens (tertiary/aromatic N) is 1. The number of esters is 1. The standard InChI is InChI=1S/C13H17NO2/c1-3-16-12(15)11(10-14)9-13(2)7-5-4-6-8-13/h4-7,11H,3,8-9H2,1-2H3. The van der Waals surface area contributed by atoms with Crippen LogP contribution in [0.25, 0.3) is 0 Å². The van der Waals surface area contributed by atoms with E-state index >= 15 is 0 Å². The zero-order valence-corrected chi connectivity index (χ0v) is 9.77. The molecule has 0 aromatic rings. The summed E-state index contributed by atoms with van der Waals surface area (Å²) in [5, 5.41) is 8.98. The second kappa shape index (κ2) is 5.50. The molecule has 2 unspecified atom stereocenters. The fourth-order valence-electron chi connectivity index (χ4n) is 1.81. The van der Waals surface area contributed by atoms with E-state index in [-0.39, 0.29) is 5.41 Å². The maximum atomic E-state index is 11.5. The molecule has 0 N–H and O–H groups in total. The highest BCUT2D eigenvalue weighted by molar-refractivity contribution is 5.75. The van der Waals surface area contributed by atoms with E-state index in [9.17, 15) is 4.79 Å². The van der Waals surface area contributed by atoms with E-state index in [2.05, 4.69) is 19.1 Å². The quantitative estimate of drug-likeness (QED) is 0.683. The molecule has 0 saturated heterocycles. The Hall–Kier alpha value is -1.56. The van der Waals surface area contributed by atoms with E-state index < -0.39 is 11.9 Å². The second-order valence-corrected chi connectivity index (χ2v) is 4.28. The first-order valence-electron chi connectivity index (χ1n) is 5.52. The van der Waals surface area contributed by atoms with Gasteiger partial charge in [0.15, 0.2) is 0 Å². The molecule has 3 nitrogen and oxygen atoms in total. The van der Waals surface area contributed by atoms with Crippen molar-refractivity contribution >= 4 is 5.97 Å². The first-order chi connectivity index (χ1) is 7.61. The van der Waals surface area contributed by atoms with E-state index in [1.165, 1.54) is 0 Å². The second-order valence-electron chi connectivity index (χ2n) is 4.28. The lowest BCUT2D eigenvalue weighted by atomic mass is 9.76. The molecular weight excluding hydrogens is 202 g/mol. The number of carbonyl (C=O) groups excluding carboxylic acids is 1. The molecule has 0 fully saturated rings. The molecule has 86 valence electrons. The van der Waals surface area contributed by atoms with Crippen molar-refractivity contribution in [2.24, 2.45) is 11.3 Å². The van der Waals surface area contributed by atoms with E-state index in [1.54, 1.807) is 6.92 Å². The lowest BCUT2D eigenvalue weighted by Gasteiger charge is -2.27. The van der Waals surface area contributed by atoms with Gasteiger partial charge in [-0.25, -0.2) is 0 Å². The maximum Gasteiger partial charge on any atom is 0.323 e. The number of ether oxygens (including phenoxy) is 1. The zero-order valence-electron chi connectivity index (χ0n) is 9.77. The minimum absolute atomic E-state index is 0.109. The molecule has 0 aliphatic heterocycles. The van der Waals surface area contributed by atoms with Crippen LogP contribution in [0.15, 0.2) is 24.3 Å². The lowest BCUT2D eigenvalue weighted by Crippen LogP contribution is -2.25. The Morgan fingerprint density at radius 1 is 1.62 bits per heavy atom. The van der Waals surface area contributed by atoms with Gasteiger partial charge in [-0.3, -0.25) is 4.79 Å². The maximum absolute atomic E-state index is 11.5. The van der Waals surface area contributed by atoms with Crippen LogP contribution >= 0.6 is 0 Å². The molecule has 2 atom stereocenters. The topological polar surface area (TPSA) is 50.1 Å². The fraction of sp³-hybridized carbons (Fsp3) is 0.538. The first kappa shape index (κ1) is 12.5. The summed E-state index contributed by atoms with van der Waals surface area (Å²) in [6.45, 7) is 4.12. The van der Waals surface area contributed by atoms with Crippen molar-refractivity contribution in [3.8, 4) is 6.07 Å². The van der Waals surface area contributed by atoms with Crippen LogP contribution in [0.5, 0.6) is 0 Å². The predicted octanol–water partition coefficient (Wildman–Crippen LogP) is 2.60. The monoisotopic (exact) mass is 219 g/mol. The Labute approximate surface area is 96.4 Å². The van der Waals surface area contributed by atoms with Crippen LogP contribution in [0.4, 0.5) is 0 Å². The van der Waals surface area contributed by atoms with Gasteiger partial charge in [0.2, 0.25) is 0 Å². The van der Waals surface area contributed by atoms with Crippen molar-refractivity contribution < 1.29 is 9.53 Å². The summed E-state index contributed by atoms with van der Waals surface area (Å²) in [6.07, 6.45) is 9.43. The van der Waals surface area contributed by atoms with Crippen LogP contribution in [-0.2, 0) is 9.53 Å². The van der Waals surface area contributed by atoms with Crippen molar-refractivity contribution in [3.05, 3.63) is 24.3 Å². The van der Waals surface area contributed by atoms with Crippen LogP contribution < -0.4 is 0 Å². The van der Waals surface area contributed by atoms with Crippen LogP contribution in [-0.4, -0.2) is 12.6 Å². The van der Waals surface area contributed by atoms with Gasteiger partial charge in [0.25, 0.3) is 0 Å². The molecule has 0 aromatic heterocycles. The number of hydrogen-bond donors (Lipinski definition) is 0. The van der Waals surface area contributed by atoms with Gasteiger partial charge in [-0.1, -0.05) is 31.2 Å². The van der Waals surface area contributed by atoms with Gasteiger partial charge >= 0.3 is 5.97 Å². The van der Waals surface area contributed by atoms with E-state index in [4.69, 9.17) is 10.00 Å². The molecule has 0 amide bonds. The van der Waals surface area contributed by atoms with Crippen molar-refractivity contribution in [1.82, 2.24) is 0 Å². The fourth-order valence-corrected chi connectivity index (χ4v) is 1.81. The summed E-state index contributed by atoms with van der Waals surface area (Å²) in [7, 11) is 0. The summed E-state index contributed by atoms with van der Waals surface area (Å²) >= 11 is 0. The molecule has 1 aliphatic carbocycles. The number of rotatable bonds is 4. The number of hydrogen-bond acceptors (Lipinski definition) is 3. The minimum Gasteiger partial charge on any atom is -0.465 e. The first-order valence-corrected chi connectivity index (χ1v) is 5.52. The third kappa shape index (κ3) is 3.23. The third-order valence-electron chi connectivity index (χ3n) is 2.73. The Morgan fingerprint density at radius 3 is 2.88 bits per heavy atom. The molecule has 1 aliphatic rings. The van der Waals surface area contributed by atoms with E-state index in [0.29, 0.717) is 13.0 Å². The summed E-state index contributed by atoms with van der Waals surface area (Å²) in [5.41, 5.74) is -0.109. The average Bonchev–Trinajstić information content (AvgIpc) is 2.27. The SMILES string of the molecule is CCOC(=O)C(C#N)CC1(C)C=CC=CC1. The Bertz CT molecular complexity index is 351. The molecule has 0 aromatic carbocycles. The summed E-state index contributed by atoms with van der Waals surface area (Å²) < 4.78 is 4.88. The summed E-state index contributed by atoms with van der Waals surface area (Å²) in [5.74, 6) is -1.07. The molecule has 0 spiro atoms. The minimum atomic E-state index is -0.666. The highest BCUT2D eigenvalue weighted by Crippen LogP contribution is 2.34.